The lowest BCUT2D eigenvalue weighted by Gasteiger charge is -2.29. The van der Waals surface area contributed by atoms with Crippen LogP contribution in [0.4, 0.5) is 0 Å². The van der Waals surface area contributed by atoms with Crippen LogP contribution in [-0.2, 0) is 9.53 Å². The zero-order chi connectivity index (χ0) is 12.6. The molecule has 16 heavy (non-hydrogen) atoms. The van der Waals surface area contributed by atoms with Crippen molar-refractivity contribution in [2.24, 2.45) is 0 Å². The first-order valence-corrected chi connectivity index (χ1v) is 6.39. The number of carbonyl (C=O) groups is 1. The third kappa shape index (κ3) is 8.72. The standard InChI is InChI=1S/C13H28NO2/c1-6-8-9-10-12(11-14(3,4)5)16-13(15)7-2/h12H,6-11H2,1-5H3/q+1. The van der Waals surface area contributed by atoms with Crippen molar-refractivity contribution in [1.82, 2.24) is 0 Å². The highest BCUT2D eigenvalue weighted by atomic mass is 16.5. The van der Waals surface area contributed by atoms with Gasteiger partial charge in [0, 0.05) is 6.42 Å². The quantitative estimate of drug-likeness (QED) is 0.364. The third-order valence-electron chi connectivity index (χ3n) is 2.47. The van der Waals surface area contributed by atoms with E-state index in [0.717, 1.165) is 23.9 Å². The summed E-state index contributed by atoms with van der Waals surface area (Å²) in [7, 11) is 6.39. The molecule has 0 amide bonds. The van der Waals surface area contributed by atoms with Crippen molar-refractivity contribution >= 4 is 5.97 Å². The van der Waals surface area contributed by atoms with Gasteiger partial charge >= 0.3 is 5.97 Å². The van der Waals surface area contributed by atoms with E-state index in [1.807, 2.05) is 6.92 Å². The largest absolute Gasteiger partial charge is 0.456 e. The van der Waals surface area contributed by atoms with Crippen molar-refractivity contribution in [2.75, 3.05) is 27.7 Å². The van der Waals surface area contributed by atoms with Crippen LogP contribution in [0.25, 0.3) is 0 Å². The number of esters is 1. The number of unbranched alkanes of at least 4 members (excludes halogenated alkanes) is 2. The molecule has 0 aliphatic carbocycles. The summed E-state index contributed by atoms with van der Waals surface area (Å²) < 4.78 is 6.31. The average Bonchev–Trinajstić information content (AvgIpc) is 2.15. The Hall–Kier alpha value is -0.570. The van der Waals surface area contributed by atoms with Crippen LogP contribution < -0.4 is 0 Å². The Labute approximate surface area is 100 Å². The molecule has 0 aromatic heterocycles. The van der Waals surface area contributed by atoms with Crippen LogP contribution in [0.1, 0.15) is 46.0 Å². The molecule has 1 atom stereocenters. The van der Waals surface area contributed by atoms with Crippen molar-refractivity contribution in [3.05, 3.63) is 0 Å². The SMILES string of the molecule is CCCCCC(C[N+](C)(C)C)OC(=O)CC. The minimum Gasteiger partial charge on any atom is -0.456 e. The molecule has 0 N–H and O–H groups in total. The summed E-state index contributed by atoms with van der Waals surface area (Å²) in [6.45, 7) is 4.93. The summed E-state index contributed by atoms with van der Waals surface area (Å²) >= 11 is 0. The van der Waals surface area contributed by atoms with E-state index >= 15 is 0 Å². The molecule has 0 heterocycles. The molecule has 0 rings (SSSR count). The number of carbonyl (C=O) groups excluding carboxylic acids is 1. The minimum atomic E-state index is -0.0741. The first-order chi connectivity index (χ1) is 7.39. The van der Waals surface area contributed by atoms with Gasteiger partial charge in [-0.25, -0.2) is 0 Å². The van der Waals surface area contributed by atoms with Crippen molar-refractivity contribution in [2.45, 2.75) is 52.1 Å². The molecule has 0 radical (unpaired) electrons. The van der Waals surface area contributed by atoms with Gasteiger partial charge in [-0.15, -0.1) is 0 Å². The van der Waals surface area contributed by atoms with E-state index in [1.165, 1.54) is 12.8 Å². The molecule has 0 saturated heterocycles. The number of hydrogen-bond acceptors (Lipinski definition) is 2. The lowest BCUT2D eigenvalue weighted by Crippen LogP contribution is -2.43. The van der Waals surface area contributed by atoms with Crippen LogP contribution in [0, 0.1) is 0 Å². The zero-order valence-corrected chi connectivity index (χ0v) is 11.6. The van der Waals surface area contributed by atoms with E-state index in [-0.39, 0.29) is 12.1 Å². The van der Waals surface area contributed by atoms with Gasteiger partial charge in [-0.2, -0.15) is 0 Å². The number of quaternary nitrogens is 1. The Kier molecular flexibility index (Phi) is 7.39. The highest BCUT2D eigenvalue weighted by molar-refractivity contribution is 5.69. The lowest BCUT2D eigenvalue weighted by atomic mass is 10.1. The summed E-state index contributed by atoms with van der Waals surface area (Å²) in [6.07, 6.45) is 5.13. The van der Waals surface area contributed by atoms with Gasteiger partial charge in [0.25, 0.3) is 0 Å². The molecule has 0 aliphatic rings. The molecule has 1 unspecified atom stereocenters. The van der Waals surface area contributed by atoms with E-state index in [9.17, 15) is 4.79 Å². The van der Waals surface area contributed by atoms with Gasteiger partial charge in [-0.05, 0) is 12.8 Å². The molecule has 0 aliphatic heterocycles. The number of ether oxygens (including phenoxy) is 1. The van der Waals surface area contributed by atoms with Gasteiger partial charge in [-0.1, -0.05) is 26.7 Å². The summed E-state index contributed by atoms with van der Waals surface area (Å²) in [5, 5.41) is 0. The first kappa shape index (κ1) is 15.4. The van der Waals surface area contributed by atoms with Crippen LogP contribution in [0.3, 0.4) is 0 Å². The predicted octanol–water partition coefficient (Wildman–Crippen LogP) is 2.59. The van der Waals surface area contributed by atoms with Crippen LogP contribution in [0.2, 0.25) is 0 Å². The Bertz CT molecular complexity index is 197. The molecule has 0 fully saturated rings. The summed E-state index contributed by atoms with van der Waals surface area (Å²) in [4.78, 5) is 11.3. The van der Waals surface area contributed by atoms with Gasteiger partial charge < -0.3 is 9.22 Å². The van der Waals surface area contributed by atoms with E-state index in [0.29, 0.717) is 6.42 Å². The molecule has 3 heteroatoms. The minimum absolute atomic E-state index is 0.0741. The highest BCUT2D eigenvalue weighted by Crippen LogP contribution is 2.11. The second-order valence-corrected chi connectivity index (χ2v) is 5.43. The molecule has 0 saturated carbocycles. The van der Waals surface area contributed by atoms with E-state index < -0.39 is 0 Å². The Morgan fingerprint density at radius 1 is 1.19 bits per heavy atom. The monoisotopic (exact) mass is 230 g/mol. The molecular weight excluding hydrogens is 202 g/mol. The van der Waals surface area contributed by atoms with Gasteiger partial charge in [0.05, 0.1) is 21.1 Å². The Morgan fingerprint density at radius 2 is 1.81 bits per heavy atom. The fourth-order valence-electron chi connectivity index (χ4n) is 1.69. The number of rotatable bonds is 8. The van der Waals surface area contributed by atoms with E-state index in [2.05, 4.69) is 28.1 Å². The van der Waals surface area contributed by atoms with Gasteiger partial charge in [0.15, 0.2) is 6.10 Å². The maximum atomic E-state index is 11.3. The fourth-order valence-corrected chi connectivity index (χ4v) is 1.69. The molecule has 3 nitrogen and oxygen atoms in total. The smallest absolute Gasteiger partial charge is 0.305 e. The van der Waals surface area contributed by atoms with Crippen molar-refractivity contribution in [3.8, 4) is 0 Å². The molecule has 0 aromatic rings. The highest BCUT2D eigenvalue weighted by Gasteiger charge is 2.20. The van der Waals surface area contributed by atoms with Crippen molar-refractivity contribution in [1.29, 1.82) is 0 Å². The maximum Gasteiger partial charge on any atom is 0.305 e. The first-order valence-electron chi connectivity index (χ1n) is 6.39. The normalized spacial score (nSPS) is 13.6. The second-order valence-electron chi connectivity index (χ2n) is 5.43. The summed E-state index contributed by atoms with van der Waals surface area (Å²) in [5.74, 6) is -0.0741. The molecular formula is C13H28NO2+. The number of hydrogen-bond donors (Lipinski definition) is 0. The van der Waals surface area contributed by atoms with Gasteiger partial charge in [0.1, 0.15) is 6.54 Å². The lowest BCUT2D eigenvalue weighted by molar-refractivity contribution is -0.873. The van der Waals surface area contributed by atoms with E-state index in [4.69, 9.17) is 4.74 Å². The average molecular weight is 230 g/mol. The summed E-state index contributed by atoms with van der Waals surface area (Å²) in [6, 6.07) is 0. The van der Waals surface area contributed by atoms with Gasteiger partial charge in [0.2, 0.25) is 0 Å². The van der Waals surface area contributed by atoms with Crippen molar-refractivity contribution < 1.29 is 14.0 Å². The van der Waals surface area contributed by atoms with Crippen LogP contribution in [0.5, 0.6) is 0 Å². The second kappa shape index (κ2) is 7.66. The topological polar surface area (TPSA) is 26.3 Å². The Morgan fingerprint density at radius 3 is 2.25 bits per heavy atom. The third-order valence-corrected chi connectivity index (χ3v) is 2.47. The van der Waals surface area contributed by atoms with Crippen LogP contribution in [-0.4, -0.2) is 44.2 Å². The summed E-state index contributed by atoms with van der Waals surface area (Å²) in [5.41, 5.74) is 0. The number of nitrogens with zero attached hydrogens (tertiary/aromatic N) is 1. The van der Waals surface area contributed by atoms with Crippen LogP contribution in [0.15, 0.2) is 0 Å². The van der Waals surface area contributed by atoms with Crippen molar-refractivity contribution in [3.63, 3.8) is 0 Å². The molecule has 0 aromatic carbocycles. The fraction of sp³-hybridized carbons (Fsp3) is 0.923. The zero-order valence-electron chi connectivity index (χ0n) is 11.6. The Balaban J connectivity index is 4.10. The molecule has 96 valence electrons. The molecule has 0 bridgehead atoms. The van der Waals surface area contributed by atoms with E-state index in [1.54, 1.807) is 0 Å². The predicted molar refractivity (Wildman–Crippen MR) is 67.2 cm³/mol. The number of likely N-dealkylation sites (N-methyl/N-ethyl adjacent to an activating group) is 1. The van der Waals surface area contributed by atoms with Gasteiger partial charge in [-0.3, -0.25) is 4.79 Å². The van der Waals surface area contributed by atoms with Crippen LogP contribution >= 0.6 is 0 Å². The molecule has 0 spiro atoms. The maximum absolute atomic E-state index is 11.3.